The zero-order chi connectivity index (χ0) is 10.8. The lowest BCUT2D eigenvalue weighted by molar-refractivity contribution is 0.432. The number of nitrogens with two attached hydrogens (primary N) is 1. The quantitative estimate of drug-likeness (QED) is 0.811. The highest BCUT2D eigenvalue weighted by atomic mass is 16.5. The van der Waals surface area contributed by atoms with Crippen molar-refractivity contribution in [3.05, 3.63) is 30.5 Å². The molecule has 0 spiro atoms. The van der Waals surface area contributed by atoms with Crippen molar-refractivity contribution < 1.29 is 4.52 Å². The maximum Gasteiger partial charge on any atom is 0.189 e. The molecule has 0 aliphatic heterocycles. The van der Waals surface area contributed by atoms with Crippen molar-refractivity contribution in [2.24, 2.45) is 0 Å². The Morgan fingerprint density at radius 3 is 2.33 bits per heavy atom. The average Bonchev–Trinajstić information content (AvgIpc) is 2.65. The summed E-state index contributed by atoms with van der Waals surface area (Å²) in [6, 6.07) is 7.95. The summed E-state index contributed by atoms with van der Waals surface area (Å²) in [7, 11) is 4.00. The van der Waals surface area contributed by atoms with Gasteiger partial charge in [0.15, 0.2) is 5.76 Å². The van der Waals surface area contributed by atoms with Crippen molar-refractivity contribution in [3.63, 3.8) is 0 Å². The van der Waals surface area contributed by atoms with Crippen molar-refractivity contribution in [3.8, 4) is 11.3 Å². The monoisotopic (exact) mass is 203 g/mol. The lowest BCUT2D eigenvalue weighted by atomic mass is 10.1. The van der Waals surface area contributed by atoms with E-state index in [1.165, 1.54) is 6.20 Å². The van der Waals surface area contributed by atoms with Gasteiger partial charge in [0.05, 0.1) is 6.20 Å². The summed E-state index contributed by atoms with van der Waals surface area (Å²) < 4.78 is 5.06. The van der Waals surface area contributed by atoms with E-state index < -0.39 is 0 Å². The minimum Gasteiger partial charge on any atom is -0.394 e. The van der Waals surface area contributed by atoms with Crippen LogP contribution in [0.1, 0.15) is 0 Å². The van der Waals surface area contributed by atoms with Gasteiger partial charge in [0.25, 0.3) is 0 Å². The normalized spacial score (nSPS) is 10.3. The molecule has 0 fully saturated rings. The van der Waals surface area contributed by atoms with E-state index in [1.54, 1.807) is 0 Å². The van der Waals surface area contributed by atoms with Crippen molar-refractivity contribution in [2.75, 3.05) is 24.7 Å². The molecule has 2 N–H and O–H groups in total. The molecule has 0 saturated heterocycles. The van der Waals surface area contributed by atoms with Crippen molar-refractivity contribution >= 4 is 11.4 Å². The summed E-state index contributed by atoms with van der Waals surface area (Å²) in [5, 5.41) is 3.65. The fourth-order valence-electron chi connectivity index (χ4n) is 1.38. The predicted octanol–water partition coefficient (Wildman–Crippen LogP) is 1.99. The molecule has 2 aromatic rings. The second kappa shape index (κ2) is 3.65. The van der Waals surface area contributed by atoms with Crippen LogP contribution in [0.3, 0.4) is 0 Å². The van der Waals surface area contributed by atoms with Gasteiger partial charge in [-0.2, -0.15) is 0 Å². The molecule has 0 aliphatic rings. The number of nitrogens with zero attached hydrogens (tertiary/aromatic N) is 2. The van der Waals surface area contributed by atoms with E-state index in [4.69, 9.17) is 10.3 Å². The third kappa shape index (κ3) is 1.79. The van der Waals surface area contributed by atoms with E-state index in [-0.39, 0.29) is 0 Å². The number of anilines is 2. The molecule has 4 nitrogen and oxygen atoms in total. The van der Waals surface area contributed by atoms with E-state index in [9.17, 15) is 0 Å². The van der Waals surface area contributed by atoms with Gasteiger partial charge >= 0.3 is 0 Å². The molecule has 4 heteroatoms. The second-order valence-electron chi connectivity index (χ2n) is 3.55. The Morgan fingerprint density at radius 1 is 1.20 bits per heavy atom. The zero-order valence-corrected chi connectivity index (χ0v) is 8.77. The van der Waals surface area contributed by atoms with Crippen LogP contribution in [0.25, 0.3) is 11.3 Å². The van der Waals surface area contributed by atoms with E-state index in [0.717, 1.165) is 11.3 Å². The Bertz CT molecular complexity index is 445. The third-order valence-corrected chi connectivity index (χ3v) is 2.24. The molecule has 2 rings (SSSR count). The molecule has 0 radical (unpaired) electrons. The Balaban J connectivity index is 2.36. The van der Waals surface area contributed by atoms with Gasteiger partial charge in [0.2, 0.25) is 0 Å². The first-order valence-corrected chi connectivity index (χ1v) is 4.66. The van der Waals surface area contributed by atoms with Gasteiger partial charge in [-0.3, -0.25) is 0 Å². The first-order chi connectivity index (χ1) is 7.18. The number of hydrogen-bond donors (Lipinski definition) is 1. The van der Waals surface area contributed by atoms with Gasteiger partial charge < -0.3 is 15.2 Å². The average molecular weight is 203 g/mol. The largest absolute Gasteiger partial charge is 0.394 e. The summed E-state index contributed by atoms with van der Waals surface area (Å²) in [4.78, 5) is 2.04. The molecular weight excluding hydrogens is 190 g/mol. The van der Waals surface area contributed by atoms with Crippen LogP contribution in [0.4, 0.5) is 11.4 Å². The number of nitrogen functional groups attached to an aromatic ring is 1. The standard InChI is InChI=1S/C11H13N3O/c1-14(2)9-5-3-8(4-6-9)11-10(12)7-13-15-11/h3-7H,12H2,1-2H3. The van der Waals surface area contributed by atoms with Gasteiger partial charge in [-0.1, -0.05) is 5.16 Å². The number of benzene rings is 1. The van der Waals surface area contributed by atoms with Crippen LogP contribution >= 0.6 is 0 Å². The van der Waals surface area contributed by atoms with Crippen LogP contribution in [0.2, 0.25) is 0 Å². The third-order valence-electron chi connectivity index (χ3n) is 2.24. The molecule has 0 bridgehead atoms. The first-order valence-electron chi connectivity index (χ1n) is 4.66. The SMILES string of the molecule is CN(C)c1ccc(-c2oncc2N)cc1. The Morgan fingerprint density at radius 2 is 1.87 bits per heavy atom. The Labute approximate surface area is 88.3 Å². The van der Waals surface area contributed by atoms with Gasteiger partial charge in [-0.15, -0.1) is 0 Å². The van der Waals surface area contributed by atoms with Crippen LogP contribution in [0, 0.1) is 0 Å². The lowest BCUT2D eigenvalue weighted by Gasteiger charge is -2.11. The maximum atomic E-state index is 5.70. The molecule has 1 heterocycles. The van der Waals surface area contributed by atoms with E-state index in [0.29, 0.717) is 11.4 Å². The molecule has 0 unspecified atom stereocenters. The number of rotatable bonds is 2. The van der Waals surface area contributed by atoms with Crippen molar-refractivity contribution in [1.82, 2.24) is 5.16 Å². The predicted molar refractivity (Wildman–Crippen MR) is 60.7 cm³/mol. The summed E-state index contributed by atoms with van der Waals surface area (Å²) in [5.74, 6) is 0.625. The fraction of sp³-hybridized carbons (Fsp3) is 0.182. The van der Waals surface area contributed by atoms with Gasteiger partial charge in [-0.25, -0.2) is 0 Å². The minimum atomic E-state index is 0.563. The molecule has 0 saturated carbocycles. The van der Waals surface area contributed by atoms with Crippen molar-refractivity contribution in [1.29, 1.82) is 0 Å². The minimum absolute atomic E-state index is 0.563. The Hall–Kier alpha value is -1.97. The van der Waals surface area contributed by atoms with E-state index >= 15 is 0 Å². The highest BCUT2D eigenvalue weighted by molar-refractivity contribution is 5.71. The summed E-state index contributed by atoms with van der Waals surface area (Å²) in [5.41, 5.74) is 8.34. The number of aromatic nitrogens is 1. The van der Waals surface area contributed by atoms with Crippen LogP contribution in [0.15, 0.2) is 35.0 Å². The summed E-state index contributed by atoms with van der Waals surface area (Å²) >= 11 is 0. The highest BCUT2D eigenvalue weighted by Gasteiger charge is 2.07. The topological polar surface area (TPSA) is 55.3 Å². The first kappa shape index (κ1) is 9.58. The summed E-state index contributed by atoms with van der Waals surface area (Å²) in [6.45, 7) is 0. The molecule has 1 aromatic carbocycles. The van der Waals surface area contributed by atoms with Crippen LogP contribution in [-0.4, -0.2) is 19.3 Å². The lowest BCUT2D eigenvalue weighted by Crippen LogP contribution is -2.07. The fourth-order valence-corrected chi connectivity index (χ4v) is 1.38. The van der Waals surface area contributed by atoms with Gasteiger partial charge in [0.1, 0.15) is 5.69 Å². The molecule has 0 atom stereocenters. The van der Waals surface area contributed by atoms with Gasteiger partial charge in [-0.05, 0) is 24.3 Å². The smallest absolute Gasteiger partial charge is 0.189 e. The van der Waals surface area contributed by atoms with Crippen molar-refractivity contribution in [2.45, 2.75) is 0 Å². The Kier molecular flexibility index (Phi) is 2.33. The molecule has 15 heavy (non-hydrogen) atoms. The maximum absolute atomic E-state index is 5.70. The molecule has 0 amide bonds. The van der Waals surface area contributed by atoms with E-state index in [1.807, 2.05) is 43.3 Å². The van der Waals surface area contributed by atoms with Crippen LogP contribution in [0.5, 0.6) is 0 Å². The molecule has 0 aliphatic carbocycles. The highest BCUT2D eigenvalue weighted by Crippen LogP contribution is 2.26. The summed E-state index contributed by atoms with van der Waals surface area (Å²) in [6.07, 6.45) is 1.51. The molecule has 1 aromatic heterocycles. The molecule has 78 valence electrons. The van der Waals surface area contributed by atoms with Crippen LogP contribution in [-0.2, 0) is 0 Å². The second-order valence-corrected chi connectivity index (χ2v) is 3.55. The molecular formula is C11H13N3O. The zero-order valence-electron chi connectivity index (χ0n) is 8.77. The van der Waals surface area contributed by atoms with Crippen LogP contribution < -0.4 is 10.6 Å². The van der Waals surface area contributed by atoms with Gasteiger partial charge in [0, 0.05) is 25.3 Å². The number of hydrogen-bond acceptors (Lipinski definition) is 4. The van der Waals surface area contributed by atoms with E-state index in [2.05, 4.69) is 5.16 Å².